The maximum absolute atomic E-state index is 12.8. The topological polar surface area (TPSA) is 134 Å². The van der Waals surface area contributed by atoms with Crippen molar-refractivity contribution in [3.05, 3.63) is 59.7 Å². The number of rotatable bonds is 9. The number of carbonyl (C=O) groups is 3. The molecule has 0 radical (unpaired) electrons. The number of aliphatic hydroxyl groups excluding tert-OH is 1. The summed E-state index contributed by atoms with van der Waals surface area (Å²) in [5.74, 6) is -2.36. The molecule has 2 unspecified atom stereocenters. The maximum Gasteiger partial charge on any atom is 0.407 e. The van der Waals surface area contributed by atoms with Crippen LogP contribution in [0.1, 0.15) is 44.7 Å². The standard InChI is InChI=1S/C26H32N2O7/c1-15(29)22(24(31)32)28-23(30)21(14-35-26(2,3)4)27-25(33)34-13-20-18-11-7-5-9-16(18)17-10-6-8-12-19(17)20/h5-12,15,20-22,29H,13-14H2,1-4H3,(H,27,33)(H,28,30)(H,31,32)/t15?,21-,22?/m0/s1. The third-order valence-corrected chi connectivity index (χ3v) is 5.68. The van der Waals surface area contributed by atoms with Crippen molar-refractivity contribution in [1.29, 1.82) is 0 Å². The quantitative estimate of drug-likeness (QED) is 0.430. The average molecular weight is 485 g/mol. The van der Waals surface area contributed by atoms with Gasteiger partial charge in [0, 0.05) is 5.92 Å². The molecule has 0 saturated carbocycles. The van der Waals surface area contributed by atoms with Gasteiger partial charge in [0.05, 0.1) is 18.3 Å². The number of hydrogen-bond donors (Lipinski definition) is 4. The lowest BCUT2D eigenvalue weighted by molar-refractivity contribution is -0.145. The van der Waals surface area contributed by atoms with Crippen LogP contribution < -0.4 is 10.6 Å². The summed E-state index contributed by atoms with van der Waals surface area (Å²) in [6, 6.07) is 13.1. The van der Waals surface area contributed by atoms with Crippen molar-refractivity contribution < 1.29 is 34.1 Å². The average Bonchev–Trinajstić information content (AvgIpc) is 3.11. The highest BCUT2D eigenvalue weighted by atomic mass is 16.5. The molecule has 0 fully saturated rings. The molecule has 0 saturated heterocycles. The van der Waals surface area contributed by atoms with Gasteiger partial charge in [0.2, 0.25) is 5.91 Å². The number of amides is 2. The Kier molecular flexibility index (Phi) is 8.14. The molecule has 0 aromatic heterocycles. The van der Waals surface area contributed by atoms with Crippen molar-refractivity contribution in [3.8, 4) is 11.1 Å². The van der Waals surface area contributed by atoms with Gasteiger partial charge in [-0.1, -0.05) is 48.5 Å². The molecule has 188 valence electrons. The normalized spacial score (nSPS) is 15.3. The minimum atomic E-state index is -1.54. The smallest absolute Gasteiger partial charge is 0.407 e. The third-order valence-electron chi connectivity index (χ3n) is 5.68. The van der Waals surface area contributed by atoms with Gasteiger partial charge >= 0.3 is 12.1 Å². The Bertz CT molecular complexity index is 1030. The summed E-state index contributed by atoms with van der Waals surface area (Å²) >= 11 is 0. The van der Waals surface area contributed by atoms with Gasteiger partial charge in [-0.05, 0) is 49.9 Å². The minimum Gasteiger partial charge on any atom is -0.480 e. The summed E-state index contributed by atoms with van der Waals surface area (Å²) in [5.41, 5.74) is 3.66. The van der Waals surface area contributed by atoms with Gasteiger partial charge in [-0.25, -0.2) is 9.59 Å². The first kappa shape index (κ1) is 26.2. The van der Waals surface area contributed by atoms with Crippen LogP contribution in [0.4, 0.5) is 4.79 Å². The van der Waals surface area contributed by atoms with Crippen LogP contribution in [0.5, 0.6) is 0 Å². The van der Waals surface area contributed by atoms with E-state index in [1.165, 1.54) is 6.92 Å². The monoisotopic (exact) mass is 484 g/mol. The van der Waals surface area contributed by atoms with E-state index in [2.05, 4.69) is 10.6 Å². The Morgan fingerprint density at radius 2 is 1.51 bits per heavy atom. The van der Waals surface area contributed by atoms with E-state index in [9.17, 15) is 24.6 Å². The fourth-order valence-electron chi connectivity index (χ4n) is 3.94. The molecule has 0 spiro atoms. The molecule has 2 aromatic rings. The molecule has 2 aromatic carbocycles. The summed E-state index contributed by atoms with van der Waals surface area (Å²) in [6.07, 6.45) is -2.18. The zero-order valence-electron chi connectivity index (χ0n) is 20.3. The molecular weight excluding hydrogens is 452 g/mol. The molecule has 3 rings (SSSR count). The maximum atomic E-state index is 12.8. The second-order valence-electron chi connectivity index (χ2n) is 9.51. The number of alkyl carbamates (subject to hydrolysis) is 1. The number of nitrogens with one attached hydrogen (secondary N) is 2. The number of ether oxygens (including phenoxy) is 2. The predicted octanol–water partition coefficient (Wildman–Crippen LogP) is 2.66. The second kappa shape index (κ2) is 10.9. The molecule has 9 heteroatoms. The highest BCUT2D eigenvalue weighted by Gasteiger charge is 2.32. The van der Waals surface area contributed by atoms with Crippen LogP contribution in [-0.2, 0) is 19.1 Å². The Morgan fingerprint density at radius 1 is 0.971 bits per heavy atom. The predicted molar refractivity (Wildman–Crippen MR) is 129 cm³/mol. The van der Waals surface area contributed by atoms with E-state index in [0.29, 0.717) is 0 Å². The summed E-state index contributed by atoms with van der Waals surface area (Å²) in [7, 11) is 0. The molecular formula is C26H32N2O7. The molecule has 4 N–H and O–H groups in total. The van der Waals surface area contributed by atoms with Gasteiger partial charge in [0.15, 0.2) is 6.04 Å². The van der Waals surface area contributed by atoms with Crippen molar-refractivity contribution >= 4 is 18.0 Å². The van der Waals surface area contributed by atoms with Crippen molar-refractivity contribution in [3.63, 3.8) is 0 Å². The first-order valence-electron chi connectivity index (χ1n) is 11.4. The van der Waals surface area contributed by atoms with E-state index < -0.39 is 41.8 Å². The zero-order chi connectivity index (χ0) is 25.8. The third kappa shape index (κ3) is 6.58. The largest absolute Gasteiger partial charge is 0.480 e. The number of hydrogen-bond acceptors (Lipinski definition) is 6. The number of carboxylic acids is 1. The van der Waals surface area contributed by atoms with Crippen LogP contribution in [0.2, 0.25) is 0 Å². The van der Waals surface area contributed by atoms with Crippen LogP contribution in [0.15, 0.2) is 48.5 Å². The first-order valence-corrected chi connectivity index (χ1v) is 11.4. The lowest BCUT2D eigenvalue weighted by Crippen LogP contribution is -2.56. The van der Waals surface area contributed by atoms with Crippen molar-refractivity contribution in [2.45, 2.75) is 57.4 Å². The summed E-state index contributed by atoms with van der Waals surface area (Å²) in [4.78, 5) is 36.8. The lowest BCUT2D eigenvalue weighted by atomic mass is 9.98. The van der Waals surface area contributed by atoms with Crippen LogP contribution >= 0.6 is 0 Å². The molecule has 0 heterocycles. The number of aliphatic carboxylic acids is 1. The first-order chi connectivity index (χ1) is 16.5. The molecule has 1 aliphatic rings. The van der Waals surface area contributed by atoms with Gasteiger partial charge in [-0.2, -0.15) is 0 Å². The number of fused-ring (bicyclic) bond motifs is 3. The summed E-state index contributed by atoms with van der Waals surface area (Å²) in [6.45, 7) is 6.44. The van der Waals surface area contributed by atoms with E-state index in [1.807, 2.05) is 48.5 Å². The number of carboxylic acid groups (broad SMARTS) is 1. The summed E-state index contributed by atoms with van der Waals surface area (Å²) in [5, 5.41) is 23.7. The van der Waals surface area contributed by atoms with Crippen LogP contribution in [0.25, 0.3) is 11.1 Å². The van der Waals surface area contributed by atoms with E-state index in [0.717, 1.165) is 22.3 Å². The number of aliphatic hydroxyl groups is 1. The zero-order valence-corrected chi connectivity index (χ0v) is 20.3. The number of benzene rings is 2. The van der Waals surface area contributed by atoms with Gasteiger partial charge in [-0.3, -0.25) is 4.79 Å². The van der Waals surface area contributed by atoms with Gasteiger partial charge < -0.3 is 30.3 Å². The van der Waals surface area contributed by atoms with E-state index >= 15 is 0 Å². The van der Waals surface area contributed by atoms with E-state index in [-0.39, 0.29) is 19.1 Å². The highest BCUT2D eigenvalue weighted by molar-refractivity contribution is 5.89. The lowest BCUT2D eigenvalue weighted by Gasteiger charge is -2.26. The van der Waals surface area contributed by atoms with Crippen LogP contribution in [0, 0.1) is 0 Å². The Balaban J connectivity index is 1.69. The molecule has 3 atom stereocenters. The Labute approximate surface area is 204 Å². The van der Waals surface area contributed by atoms with Crippen molar-refractivity contribution in [2.24, 2.45) is 0 Å². The fourth-order valence-corrected chi connectivity index (χ4v) is 3.94. The van der Waals surface area contributed by atoms with E-state index in [1.54, 1.807) is 20.8 Å². The molecule has 2 amide bonds. The van der Waals surface area contributed by atoms with Crippen molar-refractivity contribution in [2.75, 3.05) is 13.2 Å². The van der Waals surface area contributed by atoms with Gasteiger partial charge in [0.1, 0.15) is 12.6 Å². The second-order valence-corrected chi connectivity index (χ2v) is 9.51. The minimum absolute atomic E-state index is 0.0553. The van der Waals surface area contributed by atoms with Gasteiger partial charge in [-0.15, -0.1) is 0 Å². The molecule has 0 aliphatic heterocycles. The van der Waals surface area contributed by atoms with Crippen LogP contribution in [0.3, 0.4) is 0 Å². The fraction of sp³-hybridized carbons (Fsp3) is 0.423. The molecule has 9 nitrogen and oxygen atoms in total. The van der Waals surface area contributed by atoms with Crippen molar-refractivity contribution in [1.82, 2.24) is 10.6 Å². The summed E-state index contributed by atoms with van der Waals surface area (Å²) < 4.78 is 11.1. The molecule has 0 bridgehead atoms. The number of carbonyl (C=O) groups excluding carboxylic acids is 2. The SMILES string of the molecule is CC(O)C(NC(=O)[C@H](COC(C)(C)C)NC(=O)OCC1c2ccccc2-c2ccccc21)C(=O)O. The molecule has 1 aliphatic carbocycles. The highest BCUT2D eigenvalue weighted by Crippen LogP contribution is 2.44. The van der Waals surface area contributed by atoms with Crippen LogP contribution in [-0.4, -0.2) is 65.2 Å². The Hall–Kier alpha value is -3.43. The van der Waals surface area contributed by atoms with Gasteiger partial charge in [0.25, 0.3) is 0 Å². The molecule has 35 heavy (non-hydrogen) atoms. The van der Waals surface area contributed by atoms with E-state index in [4.69, 9.17) is 9.47 Å². The Morgan fingerprint density at radius 3 is 2.00 bits per heavy atom.